The number of nitrogens with zero attached hydrogens (tertiary/aromatic N) is 2. The van der Waals surface area contributed by atoms with Gasteiger partial charge >= 0.3 is 15.2 Å². The molecular weight excluding hydrogens is 518 g/mol. The standard InChI is InChI=1S/C20H40N4O6P2S2/c1-7-13-21-19(33)23(17-31(25,27-9-3)28-10-4)15-16-24(20(34)22-14-8-2)18-32(26,29-11-5)30-12-6/h7-8H,1-2,9-18H2,3-6H3,(H,21,33)(H,22,34). The molecule has 0 unspecified atom stereocenters. The first-order valence-electron chi connectivity index (χ1n) is 11.2. The minimum absolute atomic E-state index is 0.0626. The van der Waals surface area contributed by atoms with Crippen LogP contribution in [0, 0.1) is 0 Å². The van der Waals surface area contributed by atoms with E-state index in [9.17, 15) is 9.13 Å². The smallest absolute Gasteiger partial charge is 0.349 e. The van der Waals surface area contributed by atoms with Crippen molar-refractivity contribution in [2.45, 2.75) is 27.7 Å². The largest absolute Gasteiger partial charge is 0.359 e. The maximum absolute atomic E-state index is 13.2. The molecule has 0 saturated carbocycles. The van der Waals surface area contributed by atoms with Gasteiger partial charge in [-0.3, -0.25) is 9.13 Å². The summed E-state index contributed by atoms with van der Waals surface area (Å²) in [5.41, 5.74) is 0. The summed E-state index contributed by atoms with van der Waals surface area (Å²) >= 11 is 11.0. The van der Waals surface area contributed by atoms with E-state index in [0.717, 1.165) is 0 Å². The van der Waals surface area contributed by atoms with Gasteiger partial charge in [-0.05, 0) is 52.1 Å². The molecule has 0 aromatic heterocycles. The molecule has 2 N–H and O–H groups in total. The number of thiocarbonyl (C=S) groups is 2. The zero-order chi connectivity index (χ0) is 26.0. The van der Waals surface area contributed by atoms with Crippen LogP contribution in [0.3, 0.4) is 0 Å². The van der Waals surface area contributed by atoms with Crippen LogP contribution >= 0.6 is 39.6 Å². The molecule has 0 fully saturated rings. The number of hydrogen-bond donors (Lipinski definition) is 2. The summed E-state index contributed by atoms with van der Waals surface area (Å²) in [7, 11) is -6.87. The molecule has 0 aromatic rings. The van der Waals surface area contributed by atoms with Crippen LogP contribution in [0.25, 0.3) is 0 Å². The van der Waals surface area contributed by atoms with Gasteiger partial charge in [-0.15, -0.1) is 13.2 Å². The third-order valence-corrected chi connectivity index (χ3v) is 8.79. The second-order valence-electron chi connectivity index (χ2n) is 6.65. The fourth-order valence-electron chi connectivity index (χ4n) is 2.70. The molecule has 0 aliphatic heterocycles. The Bertz CT molecular complexity index is 664. The fraction of sp³-hybridized carbons (Fsp3) is 0.700. The molecule has 0 saturated heterocycles. The average molecular weight is 559 g/mol. The minimum atomic E-state index is -3.44. The summed E-state index contributed by atoms with van der Waals surface area (Å²) < 4.78 is 48.1. The summed E-state index contributed by atoms with van der Waals surface area (Å²) in [6.07, 6.45) is 3.20. The lowest BCUT2D eigenvalue weighted by Crippen LogP contribution is -2.48. The van der Waals surface area contributed by atoms with E-state index in [1.807, 2.05) is 0 Å². The molecule has 0 heterocycles. The summed E-state index contributed by atoms with van der Waals surface area (Å²) in [6.45, 7) is 16.7. The molecule has 198 valence electrons. The molecular formula is C20H40N4O6P2S2. The van der Waals surface area contributed by atoms with Crippen LogP contribution in [0.2, 0.25) is 0 Å². The average Bonchev–Trinajstić information content (AvgIpc) is 2.78. The monoisotopic (exact) mass is 558 g/mol. The highest BCUT2D eigenvalue weighted by molar-refractivity contribution is 7.80. The molecule has 0 atom stereocenters. The second-order valence-corrected chi connectivity index (χ2v) is 11.5. The zero-order valence-electron chi connectivity index (χ0n) is 20.7. The predicted octanol–water partition coefficient (Wildman–Crippen LogP) is 4.16. The van der Waals surface area contributed by atoms with Crippen molar-refractivity contribution in [1.82, 2.24) is 20.4 Å². The molecule has 0 rings (SSSR count). The van der Waals surface area contributed by atoms with E-state index in [1.54, 1.807) is 49.6 Å². The van der Waals surface area contributed by atoms with Crippen LogP contribution in [-0.4, -0.2) is 85.2 Å². The molecule has 14 heteroatoms. The summed E-state index contributed by atoms with van der Waals surface area (Å²) in [5, 5.41) is 6.77. The van der Waals surface area contributed by atoms with Crippen LogP contribution in [-0.2, 0) is 27.2 Å². The Morgan fingerprint density at radius 1 is 0.735 bits per heavy atom. The Labute approximate surface area is 215 Å². The van der Waals surface area contributed by atoms with Crippen molar-refractivity contribution in [2.24, 2.45) is 0 Å². The number of nitrogens with one attached hydrogen (secondary N) is 2. The van der Waals surface area contributed by atoms with E-state index in [0.29, 0.717) is 23.3 Å². The minimum Gasteiger partial charge on any atom is -0.359 e. The van der Waals surface area contributed by atoms with Crippen molar-refractivity contribution < 1.29 is 27.2 Å². The first kappa shape index (κ1) is 33.2. The Kier molecular flexibility index (Phi) is 18.0. The van der Waals surface area contributed by atoms with Gasteiger partial charge in [0.25, 0.3) is 0 Å². The van der Waals surface area contributed by atoms with Gasteiger partial charge in [0.15, 0.2) is 10.2 Å². The lowest BCUT2D eigenvalue weighted by Gasteiger charge is -2.33. The van der Waals surface area contributed by atoms with Crippen LogP contribution in [0.4, 0.5) is 0 Å². The molecule has 34 heavy (non-hydrogen) atoms. The summed E-state index contributed by atoms with van der Waals surface area (Å²) in [4.78, 5) is 3.36. The van der Waals surface area contributed by atoms with Crippen molar-refractivity contribution in [3.8, 4) is 0 Å². The Balaban J connectivity index is 5.79. The maximum atomic E-state index is 13.2. The maximum Gasteiger partial charge on any atom is 0.349 e. The van der Waals surface area contributed by atoms with Crippen molar-refractivity contribution in [1.29, 1.82) is 0 Å². The van der Waals surface area contributed by atoms with Crippen LogP contribution < -0.4 is 10.6 Å². The molecule has 10 nitrogen and oxygen atoms in total. The first-order chi connectivity index (χ1) is 16.1. The van der Waals surface area contributed by atoms with Gasteiger partial charge in [-0.25, -0.2) is 0 Å². The van der Waals surface area contributed by atoms with Crippen molar-refractivity contribution in [3.63, 3.8) is 0 Å². The Morgan fingerprint density at radius 2 is 1.03 bits per heavy atom. The van der Waals surface area contributed by atoms with Crippen molar-refractivity contribution >= 4 is 49.9 Å². The second kappa shape index (κ2) is 18.4. The number of hydrogen-bond acceptors (Lipinski definition) is 8. The third-order valence-electron chi connectivity index (χ3n) is 4.00. The highest BCUT2D eigenvalue weighted by Crippen LogP contribution is 2.49. The quantitative estimate of drug-likeness (QED) is 0.135. The Morgan fingerprint density at radius 3 is 1.26 bits per heavy atom. The van der Waals surface area contributed by atoms with Gasteiger partial charge in [0, 0.05) is 26.2 Å². The molecule has 0 aliphatic rings. The highest BCUT2D eigenvalue weighted by Gasteiger charge is 2.31. The van der Waals surface area contributed by atoms with E-state index < -0.39 is 15.2 Å². The zero-order valence-corrected chi connectivity index (χ0v) is 24.1. The van der Waals surface area contributed by atoms with Crippen LogP contribution in [0.1, 0.15) is 27.7 Å². The summed E-state index contributed by atoms with van der Waals surface area (Å²) in [6, 6.07) is 0. The SMILES string of the molecule is C=CCNC(=S)N(CCN(CP(=O)(OCC)OCC)C(=S)NCC=C)CP(=O)(OCC)OCC. The van der Waals surface area contributed by atoms with E-state index in [4.69, 9.17) is 42.5 Å². The van der Waals surface area contributed by atoms with Gasteiger partial charge in [0.2, 0.25) is 0 Å². The molecule has 0 aliphatic carbocycles. The normalized spacial score (nSPS) is 11.5. The van der Waals surface area contributed by atoms with Crippen molar-refractivity contribution in [3.05, 3.63) is 25.3 Å². The molecule has 0 radical (unpaired) electrons. The van der Waals surface area contributed by atoms with E-state index in [1.165, 1.54) is 0 Å². The van der Waals surface area contributed by atoms with Gasteiger partial charge in [-0.1, -0.05) is 12.2 Å². The van der Waals surface area contributed by atoms with Gasteiger partial charge in [-0.2, -0.15) is 0 Å². The molecule has 0 spiro atoms. The van der Waals surface area contributed by atoms with Gasteiger partial charge < -0.3 is 38.5 Å². The van der Waals surface area contributed by atoms with Gasteiger partial charge in [0.1, 0.15) is 12.6 Å². The molecule has 0 aromatic carbocycles. The van der Waals surface area contributed by atoms with E-state index in [2.05, 4.69) is 23.8 Å². The lowest BCUT2D eigenvalue weighted by molar-refractivity contribution is 0.202. The topological polar surface area (TPSA) is 102 Å². The van der Waals surface area contributed by atoms with E-state index >= 15 is 0 Å². The first-order valence-corrected chi connectivity index (χ1v) is 15.4. The predicted molar refractivity (Wildman–Crippen MR) is 146 cm³/mol. The fourth-order valence-corrected chi connectivity index (χ4v) is 6.82. The number of rotatable bonds is 19. The van der Waals surface area contributed by atoms with E-state index in [-0.39, 0.29) is 52.1 Å². The Hall–Kier alpha value is -0.840. The lowest BCUT2D eigenvalue weighted by atomic mass is 10.5. The van der Waals surface area contributed by atoms with Crippen molar-refractivity contribution in [2.75, 3.05) is 65.2 Å². The third kappa shape index (κ3) is 13.3. The molecule has 0 amide bonds. The summed E-state index contributed by atoms with van der Waals surface area (Å²) in [5.74, 6) is 0. The van der Waals surface area contributed by atoms with Crippen LogP contribution in [0.15, 0.2) is 25.3 Å². The van der Waals surface area contributed by atoms with Gasteiger partial charge in [0.05, 0.1) is 26.4 Å². The molecule has 0 bridgehead atoms. The highest BCUT2D eigenvalue weighted by atomic mass is 32.1. The van der Waals surface area contributed by atoms with Crippen LogP contribution in [0.5, 0.6) is 0 Å².